The number of likely N-dealkylation sites (tertiary alicyclic amines) is 1. The first kappa shape index (κ1) is 18.5. The minimum Gasteiger partial charge on any atom is -0.380 e. The van der Waals surface area contributed by atoms with Crippen LogP contribution in [0.1, 0.15) is 23.2 Å². The van der Waals surface area contributed by atoms with E-state index in [0.717, 1.165) is 44.7 Å². The van der Waals surface area contributed by atoms with Crippen molar-refractivity contribution in [3.05, 3.63) is 30.4 Å². The molecule has 10 nitrogen and oxygen atoms in total. The molecule has 3 aromatic heterocycles. The minimum atomic E-state index is -0.495. The standard InChI is InChI=1S/C21H23N7O3/c1-27-7-13(4-24-27)15-6-23-18-17(25-15)14(5-22-18)19(29)26-16(12-2-3-12)20(30)28-8-21(9-28)10-31-11-21/h4-7,12,16H,2-3,8-11H2,1H3,(H,22,23)(H,26,29)/t16-/m1/s1. The van der Waals surface area contributed by atoms with Crippen molar-refractivity contribution in [1.29, 1.82) is 0 Å². The van der Waals surface area contributed by atoms with Crippen molar-refractivity contribution in [3.8, 4) is 11.3 Å². The summed E-state index contributed by atoms with van der Waals surface area (Å²) < 4.78 is 6.98. The molecule has 2 saturated heterocycles. The van der Waals surface area contributed by atoms with Crippen LogP contribution in [-0.2, 0) is 16.6 Å². The number of aromatic amines is 1. The van der Waals surface area contributed by atoms with Crippen LogP contribution in [0.25, 0.3) is 22.4 Å². The van der Waals surface area contributed by atoms with Gasteiger partial charge in [0.2, 0.25) is 5.91 Å². The van der Waals surface area contributed by atoms with E-state index in [1.165, 1.54) is 0 Å². The molecule has 0 bridgehead atoms. The number of carbonyl (C=O) groups excluding carboxylic acids is 2. The molecule has 2 N–H and O–H groups in total. The van der Waals surface area contributed by atoms with Crippen LogP contribution in [0.15, 0.2) is 24.8 Å². The molecule has 1 aliphatic carbocycles. The Labute approximate surface area is 178 Å². The number of aryl methyl sites for hydroxylation is 1. The van der Waals surface area contributed by atoms with Crippen molar-refractivity contribution >= 4 is 23.0 Å². The van der Waals surface area contributed by atoms with Gasteiger partial charge in [-0.25, -0.2) is 9.97 Å². The van der Waals surface area contributed by atoms with Gasteiger partial charge in [0.1, 0.15) is 11.6 Å². The molecule has 10 heteroatoms. The van der Waals surface area contributed by atoms with E-state index in [-0.39, 0.29) is 23.1 Å². The van der Waals surface area contributed by atoms with Crippen molar-refractivity contribution in [2.24, 2.45) is 18.4 Å². The highest BCUT2D eigenvalue weighted by Gasteiger charge is 2.53. The number of rotatable bonds is 5. The fourth-order valence-electron chi connectivity index (χ4n) is 4.48. The Morgan fingerprint density at radius 1 is 1.29 bits per heavy atom. The molecule has 3 aromatic rings. The van der Waals surface area contributed by atoms with Gasteiger partial charge in [-0.2, -0.15) is 5.10 Å². The lowest BCUT2D eigenvalue weighted by molar-refractivity contribution is -0.196. The zero-order valence-electron chi connectivity index (χ0n) is 17.2. The van der Waals surface area contributed by atoms with Crippen LogP contribution in [0, 0.1) is 11.3 Å². The molecule has 1 atom stereocenters. The molecule has 5 heterocycles. The summed E-state index contributed by atoms with van der Waals surface area (Å²) >= 11 is 0. The monoisotopic (exact) mass is 421 g/mol. The van der Waals surface area contributed by atoms with Gasteiger partial charge in [-0.15, -0.1) is 0 Å². The molecular formula is C21H23N7O3. The Hall–Kier alpha value is -3.27. The maximum atomic E-state index is 13.1. The van der Waals surface area contributed by atoms with Gasteiger partial charge in [-0.1, -0.05) is 0 Å². The summed E-state index contributed by atoms with van der Waals surface area (Å²) in [5.41, 5.74) is 3.01. The second-order valence-electron chi connectivity index (χ2n) is 9.03. The van der Waals surface area contributed by atoms with E-state index in [2.05, 4.69) is 25.4 Å². The van der Waals surface area contributed by atoms with Crippen LogP contribution in [0.4, 0.5) is 0 Å². The van der Waals surface area contributed by atoms with Crippen molar-refractivity contribution in [3.63, 3.8) is 0 Å². The van der Waals surface area contributed by atoms with E-state index < -0.39 is 6.04 Å². The molecule has 2 amide bonds. The number of aromatic nitrogens is 5. The van der Waals surface area contributed by atoms with Crippen LogP contribution < -0.4 is 5.32 Å². The first-order valence-corrected chi connectivity index (χ1v) is 10.5. The van der Waals surface area contributed by atoms with Gasteiger partial charge in [0.15, 0.2) is 5.65 Å². The van der Waals surface area contributed by atoms with E-state index >= 15 is 0 Å². The van der Waals surface area contributed by atoms with E-state index in [9.17, 15) is 9.59 Å². The molecule has 0 unspecified atom stereocenters. The summed E-state index contributed by atoms with van der Waals surface area (Å²) in [6.45, 7) is 2.89. The zero-order valence-corrected chi connectivity index (χ0v) is 17.2. The Kier molecular flexibility index (Phi) is 3.95. The average molecular weight is 421 g/mol. The van der Waals surface area contributed by atoms with Crippen LogP contribution in [-0.4, -0.2) is 73.8 Å². The topological polar surface area (TPSA) is 118 Å². The Balaban J connectivity index is 1.23. The molecule has 6 rings (SSSR count). The van der Waals surface area contributed by atoms with Crippen molar-refractivity contribution < 1.29 is 14.3 Å². The predicted octanol–water partition coefficient (Wildman–Crippen LogP) is 0.726. The van der Waals surface area contributed by atoms with Gasteiger partial charge < -0.3 is 19.9 Å². The van der Waals surface area contributed by atoms with Crippen molar-refractivity contribution in [1.82, 2.24) is 34.9 Å². The smallest absolute Gasteiger partial charge is 0.255 e. The number of H-pyrrole nitrogens is 1. The number of ether oxygens (including phenoxy) is 1. The van der Waals surface area contributed by atoms with Gasteiger partial charge in [0, 0.05) is 38.1 Å². The normalized spacial score (nSPS) is 20.4. The van der Waals surface area contributed by atoms with Gasteiger partial charge >= 0.3 is 0 Å². The van der Waals surface area contributed by atoms with Crippen molar-refractivity contribution in [2.75, 3.05) is 26.3 Å². The van der Waals surface area contributed by atoms with Crippen molar-refractivity contribution in [2.45, 2.75) is 18.9 Å². The maximum absolute atomic E-state index is 13.1. The second-order valence-corrected chi connectivity index (χ2v) is 9.03. The number of amides is 2. The Morgan fingerprint density at radius 2 is 2.10 bits per heavy atom. The summed E-state index contributed by atoms with van der Waals surface area (Å²) in [4.78, 5) is 40.1. The van der Waals surface area contributed by atoms with Gasteiger partial charge in [0.05, 0.1) is 42.3 Å². The first-order chi connectivity index (χ1) is 15.0. The van der Waals surface area contributed by atoms with E-state index in [4.69, 9.17) is 4.74 Å². The number of nitrogens with zero attached hydrogens (tertiary/aromatic N) is 5. The summed E-state index contributed by atoms with van der Waals surface area (Å²) in [6.07, 6.45) is 8.72. The summed E-state index contributed by atoms with van der Waals surface area (Å²) in [6, 6.07) is -0.495. The third-order valence-corrected chi connectivity index (χ3v) is 6.45. The molecule has 2 aliphatic heterocycles. The molecule has 1 spiro atoms. The lowest BCUT2D eigenvalue weighted by Crippen LogP contribution is -2.69. The molecule has 3 aliphatic rings. The summed E-state index contributed by atoms with van der Waals surface area (Å²) in [5.74, 6) is -0.0976. The molecule has 1 saturated carbocycles. The largest absolute Gasteiger partial charge is 0.380 e. The molecular weight excluding hydrogens is 398 g/mol. The predicted molar refractivity (Wildman–Crippen MR) is 110 cm³/mol. The third kappa shape index (κ3) is 3.09. The Bertz CT molecular complexity index is 1180. The SMILES string of the molecule is Cn1cc(-c2cnc3[nH]cc(C(=O)N[C@@H](C(=O)N4CC5(COC5)C4)C4CC4)c3n2)cn1. The lowest BCUT2D eigenvalue weighted by Gasteiger charge is -2.55. The number of hydrogen-bond acceptors (Lipinski definition) is 6. The van der Waals surface area contributed by atoms with Gasteiger partial charge in [-0.05, 0) is 18.8 Å². The average Bonchev–Trinajstić information content (AvgIpc) is 3.29. The highest BCUT2D eigenvalue weighted by atomic mass is 16.5. The second kappa shape index (κ2) is 6.61. The van der Waals surface area contributed by atoms with Gasteiger partial charge in [0.25, 0.3) is 5.91 Å². The fraction of sp³-hybridized carbons (Fsp3) is 0.476. The maximum Gasteiger partial charge on any atom is 0.255 e. The Morgan fingerprint density at radius 3 is 2.74 bits per heavy atom. The molecule has 31 heavy (non-hydrogen) atoms. The van der Waals surface area contributed by atoms with Crippen LogP contribution >= 0.6 is 0 Å². The number of nitrogens with one attached hydrogen (secondary N) is 2. The summed E-state index contributed by atoms with van der Waals surface area (Å²) in [7, 11) is 1.83. The highest BCUT2D eigenvalue weighted by Crippen LogP contribution is 2.40. The molecule has 3 fully saturated rings. The number of fused-ring (bicyclic) bond motifs is 1. The number of carbonyl (C=O) groups is 2. The third-order valence-electron chi connectivity index (χ3n) is 6.45. The van der Waals surface area contributed by atoms with Crippen LogP contribution in [0.3, 0.4) is 0 Å². The lowest BCUT2D eigenvalue weighted by atomic mass is 9.77. The van der Waals surface area contributed by atoms with E-state index in [1.807, 2.05) is 18.1 Å². The zero-order chi connectivity index (χ0) is 21.2. The molecule has 0 aromatic carbocycles. The fourth-order valence-corrected chi connectivity index (χ4v) is 4.48. The summed E-state index contributed by atoms with van der Waals surface area (Å²) in [5, 5.41) is 7.15. The van der Waals surface area contributed by atoms with E-state index in [1.54, 1.807) is 23.3 Å². The first-order valence-electron chi connectivity index (χ1n) is 10.5. The molecule has 160 valence electrons. The number of hydrogen-bond donors (Lipinski definition) is 2. The van der Waals surface area contributed by atoms with Crippen LogP contribution in [0.2, 0.25) is 0 Å². The van der Waals surface area contributed by atoms with Crippen LogP contribution in [0.5, 0.6) is 0 Å². The quantitative estimate of drug-likeness (QED) is 0.627. The van der Waals surface area contributed by atoms with Gasteiger partial charge in [-0.3, -0.25) is 14.3 Å². The highest BCUT2D eigenvalue weighted by molar-refractivity contribution is 6.06. The van der Waals surface area contributed by atoms with E-state index in [0.29, 0.717) is 22.4 Å². The molecule has 0 radical (unpaired) electrons. The minimum absolute atomic E-state index is 0.00958.